The van der Waals surface area contributed by atoms with E-state index in [1.54, 1.807) is 14.2 Å². The number of carbonyl (C=O) groups is 1. The van der Waals surface area contributed by atoms with Crippen LogP contribution in [0.1, 0.15) is 80.3 Å². The van der Waals surface area contributed by atoms with E-state index in [1.165, 1.54) is 0 Å². The summed E-state index contributed by atoms with van der Waals surface area (Å²) in [5.74, 6) is 1.57. The van der Waals surface area contributed by atoms with Crippen LogP contribution in [-0.2, 0) is 17.9 Å². The first kappa shape index (κ1) is 42.7. The van der Waals surface area contributed by atoms with Gasteiger partial charge in [0.05, 0.1) is 45.2 Å². The van der Waals surface area contributed by atoms with E-state index in [9.17, 15) is 15.3 Å². The fourth-order valence-electron chi connectivity index (χ4n) is 13.3. The minimum absolute atomic E-state index is 0.0208. The van der Waals surface area contributed by atoms with Crippen molar-refractivity contribution in [2.45, 2.75) is 89.8 Å². The number of hydrogen-bond donors (Lipinski definition) is 3. The number of fused-ring (bicyclic) bond motifs is 1. The molecule has 1 unspecified atom stereocenters. The summed E-state index contributed by atoms with van der Waals surface area (Å²) in [6.45, 7) is 6.28. The van der Waals surface area contributed by atoms with E-state index in [4.69, 9.17) is 14.2 Å². The van der Waals surface area contributed by atoms with E-state index in [-0.39, 0.29) is 36.2 Å². The Hall–Kier alpha value is -4.57. The number of Topliss-reactive ketones (excluding diaryl/α,β-unsaturated/α-hetero) is 1. The average Bonchev–Trinajstić information content (AvgIpc) is 3.56. The first-order valence-corrected chi connectivity index (χ1v) is 22.6. The van der Waals surface area contributed by atoms with E-state index >= 15 is 4.79 Å². The molecular weight excluding hydrogens is 775 g/mol. The van der Waals surface area contributed by atoms with Gasteiger partial charge in [0.15, 0.2) is 5.78 Å². The number of rotatable bonds is 15. The smallest absolute Gasteiger partial charge is 0.190 e. The monoisotopic (exact) mass is 837 g/mol. The Bertz CT molecular complexity index is 2330. The third-order valence-corrected chi connectivity index (χ3v) is 16.5. The maximum Gasteiger partial charge on any atom is 0.190 e. The quantitative estimate of drug-likeness (QED) is 0.0804. The maximum absolute atomic E-state index is 15.6. The molecule has 3 N–H and O–H groups in total. The number of carbonyl (C=O) groups excluding carboxylic acids is 1. The molecule has 3 saturated carbocycles. The molecule has 0 amide bonds. The number of nitrogens with zero attached hydrogens (tertiary/aromatic N) is 1. The summed E-state index contributed by atoms with van der Waals surface area (Å²) in [5, 5.41) is 36.3. The van der Waals surface area contributed by atoms with Gasteiger partial charge in [-0.2, -0.15) is 0 Å². The predicted molar refractivity (Wildman–Crippen MR) is 242 cm³/mol. The third kappa shape index (κ3) is 6.98. The van der Waals surface area contributed by atoms with Crippen molar-refractivity contribution < 1.29 is 34.3 Å². The Morgan fingerprint density at radius 2 is 1.52 bits per heavy atom. The lowest BCUT2D eigenvalue weighted by molar-refractivity contribution is -0.177. The molecule has 0 aromatic heterocycles. The highest BCUT2D eigenvalue weighted by Crippen LogP contribution is 2.78. The molecule has 0 saturated heterocycles. The number of ketones is 1. The van der Waals surface area contributed by atoms with Crippen molar-refractivity contribution in [3.8, 4) is 22.6 Å². The highest BCUT2D eigenvalue weighted by Gasteiger charge is 2.74. The molecule has 2 spiro atoms. The molecule has 3 fully saturated rings. The third-order valence-electron chi connectivity index (χ3n) is 16.5. The van der Waals surface area contributed by atoms with Crippen molar-refractivity contribution >= 4 is 5.78 Å². The Balaban J connectivity index is 1.08. The molecule has 10 rings (SSSR count). The summed E-state index contributed by atoms with van der Waals surface area (Å²) >= 11 is 0. The molecule has 2 bridgehead atoms. The fourth-order valence-corrected chi connectivity index (χ4v) is 13.3. The van der Waals surface area contributed by atoms with Crippen LogP contribution in [0, 0.1) is 33.5 Å². The van der Waals surface area contributed by atoms with Crippen LogP contribution in [0.2, 0.25) is 0 Å². The van der Waals surface area contributed by atoms with Crippen molar-refractivity contribution in [1.29, 1.82) is 0 Å². The van der Waals surface area contributed by atoms with E-state index in [0.29, 0.717) is 49.6 Å². The minimum atomic E-state index is -1.14. The topological polar surface area (TPSA) is 109 Å². The van der Waals surface area contributed by atoms with Crippen LogP contribution in [0.4, 0.5) is 0 Å². The highest BCUT2D eigenvalue weighted by molar-refractivity contribution is 6.14. The van der Waals surface area contributed by atoms with Crippen LogP contribution >= 0.6 is 0 Å². The molecule has 326 valence electrons. The summed E-state index contributed by atoms with van der Waals surface area (Å²) in [7, 11) is 3.28. The summed E-state index contributed by atoms with van der Waals surface area (Å²) in [5.41, 5.74) is 2.53. The van der Waals surface area contributed by atoms with Gasteiger partial charge in [-0.25, -0.2) is 0 Å². The number of hydrogen-bond acceptors (Lipinski definition) is 8. The van der Waals surface area contributed by atoms with Crippen LogP contribution in [0.5, 0.6) is 11.5 Å². The summed E-state index contributed by atoms with van der Waals surface area (Å²) in [6, 6.07) is 33.9. The highest BCUT2D eigenvalue weighted by atomic mass is 16.5. The molecule has 0 aliphatic heterocycles. The zero-order valence-electron chi connectivity index (χ0n) is 36.8. The van der Waals surface area contributed by atoms with Crippen molar-refractivity contribution in [3.63, 3.8) is 0 Å². The maximum atomic E-state index is 15.6. The predicted octanol–water partition coefficient (Wildman–Crippen LogP) is 9.22. The zero-order chi connectivity index (χ0) is 43.3. The average molecular weight is 838 g/mol. The van der Waals surface area contributed by atoms with Gasteiger partial charge in [-0.3, -0.25) is 9.69 Å². The molecule has 6 aliphatic carbocycles. The summed E-state index contributed by atoms with van der Waals surface area (Å²) in [4.78, 5) is 17.8. The van der Waals surface area contributed by atoms with Gasteiger partial charge >= 0.3 is 0 Å². The molecule has 8 heteroatoms. The van der Waals surface area contributed by atoms with Crippen LogP contribution in [-0.4, -0.2) is 77.7 Å². The summed E-state index contributed by atoms with van der Waals surface area (Å²) in [6.07, 6.45) is 11.1. The standard InChI is InChI=1S/C54H63NO7/c1-50-24-21-40(56)30-52(50)27-28-54(45(31-52)49(58)44-18-12-11-17-43(44)38-15-9-6-10-16-38)47(50)22-25-51(2)48(54)23-26-53(51,59)36-55(32-39-19-20-42(60-3)29-46(39)61-4)33-41(57)35-62-34-37-13-7-5-8-14-37/h5-20,27-29,31,40-41,47-48,56-57,59H,21-26,30,32-36H2,1-4H3/t40?,41-,47-,48-,50-,51+,52+,53-,54-/m1/s1. The lowest BCUT2D eigenvalue weighted by Gasteiger charge is -2.71. The van der Waals surface area contributed by atoms with E-state index in [1.807, 2.05) is 84.9 Å². The first-order valence-electron chi connectivity index (χ1n) is 22.6. The van der Waals surface area contributed by atoms with Crippen LogP contribution < -0.4 is 9.47 Å². The van der Waals surface area contributed by atoms with Gasteiger partial charge in [-0.15, -0.1) is 0 Å². The number of benzene rings is 4. The van der Waals surface area contributed by atoms with Crippen LogP contribution in [0.3, 0.4) is 0 Å². The largest absolute Gasteiger partial charge is 0.497 e. The van der Waals surface area contributed by atoms with Gasteiger partial charge in [0.2, 0.25) is 0 Å². The van der Waals surface area contributed by atoms with Crippen molar-refractivity contribution in [3.05, 3.63) is 144 Å². The van der Waals surface area contributed by atoms with Gasteiger partial charge in [-0.05, 0) is 85.0 Å². The Labute approximate surface area is 367 Å². The number of ether oxygens (including phenoxy) is 3. The van der Waals surface area contributed by atoms with Gasteiger partial charge in [0.1, 0.15) is 11.5 Å². The molecule has 6 aliphatic rings. The van der Waals surface area contributed by atoms with Crippen molar-refractivity contribution in [2.24, 2.45) is 33.5 Å². The second-order valence-electron chi connectivity index (χ2n) is 19.6. The zero-order valence-corrected chi connectivity index (χ0v) is 36.8. The molecule has 9 atom stereocenters. The number of aliphatic hydroxyl groups is 3. The number of allylic oxidation sites excluding steroid dienone is 4. The normalized spacial score (nSPS) is 32.4. The van der Waals surface area contributed by atoms with Crippen LogP contribution in [0.25, 0.3) is 11.1 Å². The van der Waals surface area contributed by atoms with Gasteiger partial charge < -0.3 is 29.5 Å². The lowest BCUT2D eigenvalue weighted by atomic mass is 9.32. The van der Waals surface area contributed by atoms with Gasteiger partial charge in [0.25, 0.3) is 0 Å². The summed E-state index contributed by atoms with van der Waals surface area (Å²) < 4.78 is 17.4. The molecule has 4 aromatic carbocycles. The second-order valence-corrected chi connectivity index (χ2v) is 19.6. The number of aliphatic hydroxyl groups excluding tert-OH is 2. The number of methoxy groups -OCH3 is 2. The molecule has 8 nitrogen and oxygen atoms in total. The molecule has 62 heavy (non-hydrogen) atoms. The van der Waals surface area contributed by atoms with Crippen molar-refractivity contribution in [2.75, 3.05) is 33.9 Å². The molecule has 0 radical (unpaired) electrons. The van der Waals surface area contributed by atoms with Gasteiger partial charge in [-0.1, -0.05) is 123 Å². The van der Waals surface area contributed by atoms with E-state index < -0.39 is 34.1 Å². The Kier molecular flexibility index (Phi) is 11.4. The first-order chi connectivity index (χ1) is 29.9. The van der Waals surface area contributed by atoms with E-state index in [2.05, 4.69) is 55.2 Å². The SMILES string of the molecule is COc1ccc(CN(C[C@@H](O)COCc2ccccc2)C[C@]2(O)CC[C@H]3[C@]45C=C[C@@]6(C=C4C(=O)c4ccccc4-c4ccccc4)CC(O)CC[C@]6(C)[C@H]5CC[C@@]32C)c(OC)c1. The van der Waals surface area contributed by atoms with Crippen LogP contribution in [0.15, 0.2) is 127 Å². The van der Waals surface area contributed by atoms with Crippen molar-refractivity contribution in [1.82, 2.24) is 4.90 Å². The van der Waals surface area contributed by atoms with Gasteiger partial charge in [0, 0.05) is 58.6 Å². The van der Waals surface area contributed by atoms with E-state index in [0.717, 1.165) is 59.9 Å². The Morgan fingerprint density at radius 3 is 2.27 bits per heavy atom. The Morgan fingerprint density at radius 1 is 0.823 bits per heavy atom. The second kappa shape index (κ2) is 16.5. The molecule has 0 heterocycles. The fraction of sp³-hybridized carbons (Fsp3) is 0.463. The minimum Gasteiger partial charge on any atom is -0.497 e. The lowest BCUT2D eigenvalue weighted by Crippen LogP contribution is -2.67. The molecule has 4 aromatic rings. The molecular formula is C54H63NO7.